The van der Waals surface area contributed by atoms with E-state index >= 15 is 0 Å². The van der Waals surface area contributed by atoms with Gasteiger partial charge < -0.3 is 20.5 Å². The number of para-hydroxylation sites is 1. The lowest BCUT2D eigenvalue weighted by Gasteiger charge is -2.11. The second kappa shape index (κ2) is 8.55. The van der Waals surface area contributed by atoms with Crippen LogP contribution in [0.25, 0.3) is 21.8 Å². The van der Waals surface area contributed by atoms with Gasteiger partial charge in [-0.15, -0.1) is 0 Å². The summed E-state index contributed by atoms with van der Waals surface area (Å²) < 4.78 is 2.23. The zero-order chi connectivity index (χ0) is 22.8. The Morgan fingerprint density at radius 3 is 2.19 bits per heavy atom. The van der Waals surface area contributed by atoms with E-state index in [4.69, 9.17) is 0 Å². The number of benzene rings is 3. The van der Waals surface area contributed by atoms with Crippen LogP contribution in [-0.2, 0) is 6.54 Å². The lowest BCUT2D eigenvalue weighted by Crippen LogP contribution is -2.25. The van der Waals surface area contributed by atoms with E-state index in [-0.39, 0.29) is 17.0 Å². The number of aryl methyl sites for hydroxylation is 1. The number of carbonyl (C=O) groups is 3. The van der Waals surface area contributed by atoms with E-state index < -0.39 is 11.8 Å². The molecule has 0 aliphatic carbocycles. The van der Waals surface area contributed by atoms with Crippen molar-refractivity contribution in [1.82, 2.24) is 15.2 Å². The average Bonchev–Trinajstić information content (AvgIpc) is 3.15. The van der Waals surface area contributed by atoms with Crippen LogP contribution in [0.15, 0.2) is 60.7 Å². The van der Waals surface area contributed by atoms with Gasteiger partial charge in [-0.2, -0.15) is 0 Å². The van der Waals surface area contributed by atoms with Gasteiger partial charge in [-0.05, 0) is 49.4 Å². The predicted octanol–water partition coefficient (Wildman–Crippen LogP) is 3.79. The molecule has 4 aromatic rings. The maximum absolute atomic E-state index is 13.1. The third-order valence-electron chi connectivity index (χ3n) is 5.57. The minimum Gasteiger partial charge on any atom is -0.355 e. The number of hydrogen-bond donors (Lipinski definition) is 3. The number of anilines is 1. The number of nitrogens with one attached hydrogen (secondary N) is 3. The van der Waals surface area contributed by atoms with Crippen LogP contribution >= 0.6 is 0 Å². The van der Waals surface area contributed by atoms with E-state index in [1.165, 1.54) is 32.3 Å². The molecule has 4 rings (SSSR count). The molecule has 3 N–H and O–H groups in total. The molecule has 0 saturated carbocycles. The van der Waals surface area contributed by atoms with Gasteiger partial charge in [0.15, 0.2) is 0 Å². The van der Waals surface area contributed by atoms with Gasteiger partial charge in [0.25, 0.3) is 17.7 Å². The molecule has 1 aromatic heterocycles. The zero-order valence-corrected chi connectivity index (χ0v) is 18.2. The predicted molar refractivity (Wildman–Crippen MR) is 126 cm³/mol. The van der Waals surface area contributed by atoms with Crippen LogP contribution in [0, 0.1) is 0 Å². The summed E-state index contributed by atoms with van der Waals surface area (Å²) in [5, 5.41) is 10.1. The van der Waals surface area contributed by atoms with Gasteiger partial charge in [-0.3, -0.25) is 14.4 Å². The first-order valence-corrected chi connectivity index (χ1v) is 10.4. The van der Waals surface area contributed by atoms with Crippen molar-refractivity contribution >= 4 is 45.2 Å². The SMILES string of the molecule is CCn1c2ccccc2c2cc(NC(=O)c3ccc(C(=O)NC)cc3C(=O)NC)ccc21. The highest BCUT2D eigenvalue weighted by atomic mass is 16.2. The molecule has 0 saturated heterocycles. The van der Waals surface area contributed by atoms with Crippen LogP contribution in [0.2, 0.25) is 0 Å². The fraction of sp³-hybridized carbons (Fsp3) is 0.160. The molecular weight excluding hydrogens is 404 g/mol. The standard InChI is InChI=1S/C25H24N4O3/c1-4-29-21-8-6-5-7-17(21)19-14-16(10-12-22(19)29)28-25(32)18-11-9-15(23(30)26-2)13-20(18)24(31)27-3/h5-14H,4H2,1-3H3,(H,26,30)(H,27,31)(H,28,32). The lowest BCUT2D eigenvalue weighted by atomic mass is 10.0. The Morgan fingerprint density at radius 1 is 0.750 bits per heavy atom. The molecule has 162 valence electrons. The van der Waals surface area contributed by atoms with Crippen molar-refractivity contribution in [3.05, 3.63) is 77.4 Å². The van der Waals surface area contributed by atoms with Gasteiger partial charge in [0, 0.05) is 53.7 Å². The Bertz CT molecular complexity index is 1370. The average molecular weight is 428 g/mol. The van der Waals surface area contributed by atoms with Crippen molar-refractivity contribution in [1.29, 1.82) is 0 Å². The van der Waals surface area contributed by atoms with Gasteiger partial charge in [0.1, 0.15) is 0 Å². The van der Waals surface area contributed by atoms with Crippen LogP contribution in [0.3, 0.4) is 0 Å². The third kappa shape index (κ3) is 3.58. The van der Waals surface area contributed by atoms with E-state index in [0.29, 0.717) is 11.3 Å². The quantitative estimate of drug-likeness (QED) is 0.452. The highest BCUT2D eigenvalue weighted by molar-refractivity contribution is 6.15. The number of fused-ring (bicyclic) bond motifs is 3. The molecule has 7 nitrogen and oxygen atoms in total. The monoisotopic (exact) mass is 428 g/mol. The molecule has 0 bridgehead atoms. The molecule has 0 aliphatic heterocycles. The molecule has 3 aromatic carbocycles. The topological polar surface area (TPSA) is 92.2 Å². The van der Waals surface area contributed by atoms with E-state index in [1.54, 1.807) is 0 Å². The molecule has 0 aliphatic rings. The van der Waals surface area contributed by atoms with Gasteiger partial charge in [-0.1, -0.05) is 18.2 Å². The zero-order valence-electron chi connectivity index (χ0n) is 18.2. The fourth-order valence-corrected chi connectivity index (χ4v) is 4.02. The number of amides is 3. The summed E-state index contributed by atoms with van der Waals surface area (Å²) in [6.45, 7) is 2.94. The largest absolute Gasteiger partial charge is 0.355 e. The third-order valence-corrected chi connectivity index (χ3v) is 5.57. The normalized spacial score (nSPS) is 10.8. The van der Waals surface area contributed by atoms with E-state index in [9.17, 15) is 14.4 Å². The van der Waals surface area contributed by atoms with Crippen molar-refractivity contribution in [3.63, 3.8) is 0 Å². The van der Waals surface area contributed by atoms with Crippen LogP contribution in [0.5, 0.6) is 0 Å². The Hall–Kier alpha value is -4.13. The lowest BCUT2D eigenvalue weighted by molar-refractivity contribution is 0.0947. The summed E-state index contributed by atoms with van der Waals surface area (Å²) in [7, 11) is 2.99. The number of aromatic nitrogens is 1. The smallest absolute Gasteiger partial charge is 0.256 e. The van der Waals surface area contributed by atoms with Crippen molar-refractivity contribution in [2.45, 2.75) is 13.5 Å². The van der Waals surface area contributed by atoms with Crippen LogP contribution < -0.4 is 16.0 Å². The first-order chi connectivity index (χ1) is 15.5. The van der Waals surface area contributed by atoms with Gasteiger partial charge in [0.05, 0.1) is 11.1 Å². The molecule has 3 amide bonds. The Balaban J connectivity index is 1.73. The number of carbonyl (C=O) groups excluding carboxylic acids is 3. The van der Waals surface area contributed by atoms with Gasteiger partial charge >= 0.3 is 0 Å². The van der Waals surface area contributed by atoms with Crippen LogP contribution in [-0.4, -0.2) is 36.4 Å². The summed E-state index contributed by atoms with van der Waals surface area (Å²) in [6.07, 6.45) is 0. The first-order valence-electron chi connectivity index (χ1n) is 10.4. The number of hydrogen-bond acceptors (Lipinski definition) is 3. The molecule has 0 radical (unpaired) electrons. The van der Waals surface area contributed by atoms with Crippen molar-refractivity contribution in [3.8, 4) is 0 Å². The molecule has 7 heteroatoms. The van der Waals surface area contributed by atoms with Crippen molar-refractivity contribution in [2.75, 3.05) is 19.4 Å². The molecule has 0 unspecified atom stereocenters. The maximum atomic E-state index is 13.1. The summed E-state index contributed by atoms with van der Waals surface area (Å²) >= 11 is 0. The second-order valence-corrected chi connectivity index (χ2v) is 7.37. The molecule has 0 fully saturated rings. The summed E-state index contributed by atoms with van der Waals surface area (Å²) in [5.74, 6) is -1.20. The molecule has 0 atom stereocenters. The number of rotatable bonds is 5. The van der Waals surface area contributed by atoms with Crippen molar-refractivity contribution in [2.24, 2.45) is 0 Å². The summed E-state index contributed by atoms with van der Waals surface area (Å²) in [6, 6.07) is 18.4. The highest BCUT2D eigenvalue weighted by Crippen LogP contribution is 2.31. The summed E-state index contributed by atoms with van der Waals surface area (Å²) in [4.78, 5) is 37.4. The molecule has 0 spiro atoms. The van der Waals surface area contributed by atoms with Crippen LogP contribution in [0.4, 0.5) is 5.69 Å². The molecular formula is C25H24N4O3. The van der Waals surface area contributed by atoms with E-state index in [0.717, 1.165) is 28.4 Å². The molecule has 1 heterocycles. The Morgan fingerprint density at radius 2 is 1.47 bits per heavy atom. The molecule has 32 heavy (non-hydrogen) atoms. The second-order valence-electron chi connectivity index (χ2n) is 7.37. The van der Waals surface area contributed by atoms with E-state index in [1.807, 2.05) is 30.3 Å². The highest BCUT2D eigenvalue weighted by Gasteiger charge is 2.19. The Kier molecular flexibility index (Phi) is 5.64. The first kappa shape index (κ1) is 21.1. The minimum atomic E-state index is -0.442. The van der Waals surface area contributed by atoms with Crippen molar-refractivity contribution < 1.29 is 14.4 Å². The number of nitrogens with zero attached hydrogens (tertiary/aromatic N) is 1. The van der Waals surface area contributed by atoms with E-state index in [2.05, 4.69) is 39.6 Å². The van der Waals surface area contributed by atoms with Gasteiger partial charge in [0.2, 0.25) is 0 Å². The Labute approximate surface area is 185 Å². The van der Waals surface area contributed by atoms with Gasteiger partial charge in [-0.25, -0.2) is 0 Å². The summed E-state index contributed by atoms with van der Waals surface area (Å²) in [5.41, 5.74) is 3.48. The van der Waals surface area contributed by atoms with Crippen LogP contribution in [0.1, 0.15) is 38.0 Å². The maximum Gasteiger partial charge on any atom is 0.256 e. The minimum absolute atomic E-state index is 0.134. The fourth-order valence-electron chi connectivity index (χ4n) is 4.02.